The van der Waals surface area contributed by atoms with Gasteiger partial charge in [0.1, 0.15) is 17.9 Å². The number of amides is 1. The zero-order chi connectivity index (χ0) is 20.8. The molecule has 2 heterocycles. The first-order chi connectivity index (χ1) is 13.9. The number of nitrogens with zero attached hydrogens (tertiary/aromatic N) is 4. The molecule has 0 saturated carbocycles. The third-order valence-corrected chi connectivity index (χ3v) is 4.42. The fraction of sp³-hybridized carbons (Fsp3) is 0.263. The first-order valence-corrected chi connectivity index (χ1v) is 9.62. The average Bonchev–Trinajstić information content (AvgIpc) is 3.03. The molecule has 0 aliphatic heterocycles. The predicted octanol–water partition coefficient (Wildman–Crippen LogP) is 3.19. The van der Waals surface area contributed by atoms with Gasteiger partial charge in [-0.05, 0) is 38.1 Å². The molecule has 1 amide bonds. The van der Waals surface area contributed by atoms with Crippen LogP contribution in [0, 0.1) is 13.8 Å². The molecule has 152 valence electrons. The molecule has 10 heteroatoms. The molecule has 3 aromatic rings. The predicted molar refractivity (Wildman–Crippen MR) is 112 cm³/mol. The van der Waals surface area contributed by atoms with Crippen LogP contribution >= 0.6 is 23.2 Å². The van der Waals surface area contributed by atoms with Crippen LogP contribution in [0.2, 0.25) is 10.0 Å². The van der Waals surface area contributed by atoms with Crippen molar-refractivity contribution in [3.63, 3.8) is 0 Å². The summed E-state index contributed by atoms with van der Waals surface area (Å²) in [6, 6.07) is 8.60. The van der Waals surface area contributed by atoms with Crippen LogP contribution in [0.15, 0.2) is 36.7 Å². The Morgan fingerprint density at radius 3 is 2.69 bits per heavy atom. The molecule has 0 aliphatic carbocycles. The smallest absolute Gasteiger partial charge is 0.258 e. The lowest BCUT2D eigenvalue weighted by molar-refractivity contribution is -0.123. The molecule has 8 nitrogen and oxygen atoms in total. The quantitative estimate of drug-likeness (QED) is 0.528. The molecule has 0 bridgehead atoms. The van der Waals surface area contributed by atoms with Gasteiger partial charge in [0.25, 0.3) is 5.91 Å². The number of hydrogen-bond donors (Lipinski definition) is 2. The molecule has 2 aromatic heterocycles. The highest BCUT2D eigenvalue weighted by atomic mass is 35.5. The number of rotatable bonds is 8. The zero-order valence-corrected chi connectivity index (χ0v) is 17.5. The van der Waals surface area contributed by atoms with Gasteiger partial charge < -0.3 is 15.4 Å². The van der Waals surface area contributed by atoms with Crippen LogP contribution in [0.3, 0.4) is 0 Å². The van der Waals surface area contributed by atoms with E-state index in [9.17, 15) is 4.79 Å². The first kappa shape index (κ1) is 20.9. The second-order valence-electron chi connectivity index (χ2n) is 6.24. The Morgan fingerprint density at radius 2 is 1.97 bits per heavy atom. The summed E-state index contributed by atoms with van der Waals surface area (Å²) in [6.45, 7) is 4.63. The van der Waals surface area contributed by atoms with Crippen molar-refractivity contribution in [2.24, 2.45) is 0 Å². The van der Waals surface area contributed by atoms with Gasteiger partial charge in [0, 0.05) is 29.9 Å². The highest BCUT2D eigenvalue weighted by molar-refractivity contribution is 6.35. The molecule has 0 saturated heterocycles. The third kappa shape index (κ3) is 5.82. The van der Waals surface area contributed by atoms with Gasteiger partial charge in [-0.15, -0.1) is 0 Å². The topological polar surface area (TPSA) is 94.0 Å². The first-order valence-electron chi connectivity index (χ1n) is 8.86. The normalized spacial score (nSPS) is 10.6. The number of carbonyl (C=O) groups excluding carboxylic acids is 1. The van der Waals surface area contributed by atoms with Gasteiger partial charge in [-0.25, -0.2) is 14.6 Å². The molecule has 1 aromatic carbocycles. The van der Waals surface area contributed by atoms with Gasteiger partial charge in [-0.2, -0.15) is 5.10 Å². The summed E-state index contributed by atoms with van der Waals surface area (Å²) in [5, 5.41) is 11.2. The van der Waals surface area contributed by atoms with Crippen LogP contribution in [0.5, 0.6) is 5.75 Å². The van der Waals surface area contributed by atoms with E-state index in [-0.39, 0.29) is 12.5 Å². The highest BCUT2D eigenvalue weighted by Gasteiger charge is 2.08. The summed E-state index contributed by atoms with van der Waals surface area (Å²) in [6.07, 6.45) is 1.47. The van der Waals surface area contributed by atoms with Crippen LogP contribution in [0.1, 0.15) is 11.4 Å². The van der Waals surface area contributed by atoms with Crippen molar-refractivity contribution in [2.45, 2.75) is 13.8 Å². The minimum atomic E-state index is -0.260. The summed E-state index contributed by atoms with van der Waals surface area (Å²) >= 11 is 11.8. The number of aryl methyl sites for hydroxylation is 2. The molecule has 2 N–H and O–H groups in total. The maximum absolute atomic E-state index is 11.9. The van der Waals surface area contributed by atoms with Gasteiger partial charge in [-0.3, -0.25) is 4.79 Å². The van der Waals surface area contributed by atoms with E-state index in [1.54, 1.807) is 28.9 Å². The third-order valence-electron chi connectivity index (χ3n) is 3.89. The standard InChI is InChI=1S/C19H20Cl2N6O2/c1-12-7-13(2)27(26-12)18-9-17(24-11-25-18)22-5-6-23-19(28)10-29-16-4-3-14(20)8-15(16)21/h3-4,7-9,11H,5-6,10H2,1-2H3,(H,23,28)(H,22,24,25). The summed E-state index contributed by atoms with van der Waals surface area (Å²) in [4.78, 5) is 20.3. The minimum Gasteiger partial charge on any atom is -0.482 e. The van der Waals surface area contributed by atoms with E-state index in [4.69, 9.17) is 27.9 Å². The Balaban J connectivity index is 1.44. The Labute approximate surface area is 178 Å². The minimum absolute atomic E-state index is 0.142. The fourth-order valence-electron chi connectivity index (χ4n) is 2.60. The van der Waals surface area contributed by atoms with Gasteiger partial charge in [0.05, 0.1) is 10.7 Å². The average molecular weight is 435 g/mol. The van der Waals surface area contributed by atoms with E-state index in [2.05, 4.69) is 25.7 Å². The second kappa shape index (κ2) is 9.58. The summed E-state index contributed by atoms with van der Waals surface area (Å²) in [5.74, 6) is 1.46. The van der Waals surface area contributed by atoms with Crippen LogP contribution in [0.4, 0.5) is 5.82 Å². The number of nitrogens with one attached hydrogen (secondary N) is 2. The van der Waals surface area contributed by atoms with E-state index in [0.29, 0.717) is 40.5 Å². The van der Waals surface area contributed by atoms with Gasteiger partial charge >= 0.3 is 0 Å². The van der Waals surface area contributed by atoms with Crippen molar-refractivity contribution in [1.82, 2.24) is 25.1 Å². The van der Waals surface area contributed by atoms with E-state index < -0.39 is 0 Å². The second-order valence-corrected chi connectivity index (χ2v) is 7.08. The molecule has 0 radical (unpaired) electrons. The van der Waals surface area contributed by atoms with Crippen LogP contribution in [-0.2, 0) is 4.79 Å². The summed E-state index contributed by atoms with van der Waals surface area (Å²) < 4.78 is 7.15. The Kier molecular flexibility index (Phi) is 6.90. The molecule has 0 aliphatic rings. The number of halogens is 2. The molecular weight excluding hydrogens is 415 g/mol. The Hall–Kier alpha value is -2.84. The van der Waals surface area contributed by atoms with Crippen molar-refractivity contribution in [2.75, 3.05) is 25.0 Å². The lowest BCUT2D eigenvalue weighted by Gasteiger charge is -2.10. The van der Waals surface area contributed by atoms with Crippen molar-refractivity contribution in [1.29, 1.82) is 0 Å². The number of hydrogen-bond acceptors (Lipinski definition) is 6. The number of aromatic nitrogens is 4. The Morgan fingerprint density at radius 1 is 1.14 bits per heavy atom. The molecule has 0 unspecified atom stereocenters. The fourth-order valence-corrected chi connectivity index (χ4v) is 3.06. The number of carbonyl (C=O) groups is 1. The van der Waals surface area contributed by atoms with Crippen LogP contribution < -0.4 is 15.4 Å². The Bertz CT molecular complexity index is 1010. The summed E-state index contributed by atoms with van der Waals surface area (Å²) in [5.41, 5.74) is 1.90. The van der Waals surface area contributed by atoms with Gasteiger partial charge in [0.2, 0.25) is 0 Å². The van der Waals surface area contributed by atoms with Crippen LogP contribution in [0.25, 0.3) is 5.82 Å². The molecular formula is C19H20Cl2N6O2. The zero-order valence-electron chi connectivity index (χ0n) is 15.9. The molecule has 0 atom stereocenters. The monoisotopic (exact) mass is 434 g/mol. The maximum Gasteiger partial charge on any atom is 0.258 e. The van der Waals surface area contributed by atoms with Crippen molar-refractivity contribution in [3.8, 4) is 11.6 Å². The lowest BCUT2D eigenvalue weighted by Crippen LogP contribution is -2.32. The van der Waals surface area contributed by atoms with E-state index >= 15 is 0 Å². The van der Waals surface area contributed by atoms with Crippen molar-refractivity contribution in [3.05, 3.63) is 58.1 Å². The largest absolute Gasteiger partial charge is 0.482 e. The lowest BCUT2D eigenvalue weighted by atomic mass is 10.3. The molecule has 3 rings (SSSR count). The van der Waals surface area contributed by atoms with E-state index in [0.717, 1.165) is 11.4 Å². The van der Waals surface area contributed by atoms with E-state index in [1.807, 2.05) is 19.9 Å². The maximum atomic E-state index is 11.9. The van der Waals surface area contributed by atoms with E-state index in [1.165, 1.54) is 6.33 Å². The SMILES string of the molecule is Cc1cc(C)n(-c2cc(NCCNC(=O)COc3ccc(Cl)cc3Cl)ncn2)n1. The van der Waals surface area contributed by atoms with Crippen molar-refractivity contribution < 1.29 is 9.53 Å². The van der Waals surface area contributed by atoms with Crippen molar-refractivity contribution >= 4 is 34.9 Å². The highest BCUT2D eigenvalue weighted by Crippen LogP contribution is 2.27. The van der Waals surface area contributed by atoms with Gasteiger partial charge in [0.15, 0.2) is 12.4 Å². The molecule has 29 heavy (non-hydrogen) atoms. The molecule has 0 spiro atoms. The van der Waals surface area contributed by atoms with Crippen LogP contribution in [-0.4, -0.2) is 45.4 Å². The number of ether oxygens (including phenoxy) is 1. The number of benzene rings is 1. The molecule has 0 fully saturated rings. The summed E-state index contributed by atoms with van der Waals surface area (Å²) in [7, 11) is 0. The number of anilines is 1. The van der Waals surface area contributed by atoms with Gasteiger partial charge in [-0.1, -0.05) is 23.2 Å².